The number of hydrogen-bond donors (Lipinski definition) is 5. The Morgan fingerprint density at radius 1 is 1.05 bits per heavy atom. The van der Waals surface area contributed by atoms with Crippen LogP contribution in [0.25, 0.3) is 0 Å². The van der Waals surface area contributed by atoms with E-state index in [0.29, 0.717) is 0 Å². The van der Waals surface area contributed by atoms with Gasteiger partial charge in [0.1, 0.15) is 0 Å². The lowest BCUT2D eigenvalue weighted by molar-refractivity contribution is -0.170. The van der Waals surface area contributed by atoms with Crippen LogP contribution in [0.1, 0.15) is 12.8 Å². The zero-order valence-corrected chi connectivity index (χ0v) is 10.3. The van der Waals surface area contributed by atoms with E-state index in [1.54, 1.807) is 0 Å². The van der Waals surface area contributed by atoms with Crippen LogP contribution in [-0.4, -0.2) is 64.0 Å². The van der Waals surface area contributed by atoms with E-state index < -0.39 is 46.7 Å². The molecule has 0 fully saturated rings. The summed E-state index contributed by atoms with van der Waals surface area (Å²) in [6.45, 7) is 0. The summed E-state index contributed by atoms with van der Waals surface area (Å²) >= 11 is 0. The normalized spacial score (nSPS) is 11.1. The molecule has 0 saturated heterocycles. The highest BCUT2D eigenvalue weighted by Crippen LogP contribution is 2.15. The van der Waals surface area contributed by atoms with Gasteiger partial charge in [-0.05, 0) is 0 Å². The molecule has 0 aromatic heterocycles. The van der Waals surface area contributed by atoms with Gasteiger partial charge >= 0.3 is 28.3 Å². The predicted octanol–water partition coefficient (Wildman–Crippen LogP) is -1.81. The minimum absolute atomic E-state index is 0.870. The molecule has 19 heavy (non-hydrogen) atoms. The van der Waals surface area contributed by atoms with Crippen molar-refractivity contribution in [3.8, 4) is 0 Å². The molecule has 0 atom stereocenters. The summed E-state index contributed by atoms with van der Waals surface area (Å²) in [7, 11) is -3.29. The summed E-state index contributed by atoms with van der Waals surface area (Å²) in [6.07, 6.45) is -2.29. The maximum Gasteiger partial charge on any atom is 0.397 e. The third kappa shape index (κ3) is 11.1. The van der Waals surface area contributed by atoms with Crippen LogP contribution in [-0.2, 0) is 29.0 Å². The van der Waals surface area contributed by atoms with Crippen LogP contribution in [0.3, 0.4) is 0 Å². The number of aliphatic hydroxyl groups is 1. The highest BCUT2D eigenvalue weighted by Gasteiger charge is 2.40. The van der Waals surface area contributed by atoms with Gasteiger partial charge in [0.05, 0.1) is 20.0 Å². The zero-order valence-electron chi connectivity index (χ0n) is 9.51. The SMILES string of the molecule is COS(=O)(=O)O.O=C(O)CC(O)(CC(=O)O)C(=O)O. The molecule has 0 unspecified atom stereocenters. The summed E-state index contributed by atoms with van der Waals surface area (Å²) in [5.41, 5.74) is -2.74. The molecule has 12 heteroatoms. The fraction of sp³-hybridized carbons (Fsp3) is 0.571. The van der Waals surface area contributed by atoms with Gasteiger partial charge in [0.15, 0.2) is 5.60 Å². The molecule has 0 aromatic rings. The van der Waals surface area contributed by atoms with Crippen LogP contribution in [0, 0.1) is 0 Å². The first-order valence-electron chi connectivity index (χ1n) is 4.26. The molecule has 0 amide bonds. The topological polar surface area (TPSA) is 196 Å². The molecule has 0 aliphatic rings. The van der Waals surface area contributed by atoms with Gasteiger partial charge in [-0.25, -0.2) is 4.79 Å². The standard InChI is InChI=1S/C6H8O7.CH4O4S/c7-3(8)1-6(13,5(11)12)2-4(9)10;1-5-6(2,3)4/h13H,1-2H2,(H,7,8)(H,9,10)(H,11,12);1H3,(H,2,3,4). The van der Waals surface area contributed by atoms with Crippen molar-refractivity contribution in [1.82, 2.24) is 0 Å². The van der Waals surface area contributed by atoms with E-state index in [9.17, 15) is 22.8 Å². The lowest BCUT2D eigenvalue weighted by Crippen LogP contribution is -2.42. The summed E-state index contributed by atoms with van der Waals surface area (Å²) in [4.78, 5) is 30.5. The number of rotatable bonds is 6. The second-order valence-electron chi connectivity index (χ2n) is 3.07. The lowest BCUT2D eigenvalue weighted by Gasteiger charge is -2.18. The van der Waals surface area contributed by atoms with Crippen LogP contribution in [0.5, 0.6) is 0 Å². The van der Waals surface area contributed by atoms with E-state index in [1.165, 1.54) is 0 Å². The molecule has 0 aliphatic heterocycles. The van der Waals surface area contributed by atoms with E-state index in [2.05, 4.69) is 4.18 Å². The van der Waals surface area contributed by atoms with E-state index in [1.807, 2.05) is 0 Å². The third-order valence-corrected chi connectivity index (χ3v) is 1.92. The second kappa shape index (κ2) is 7.63. The van der Waals surface area contributed by atoms with Crippen molar-refractivity contribution < 1.29 is 52.0 Å². The summed E-state index contributed by atoms with van der Waals surface area (Å²) < 4.78 is 29.7. The molecule has 0 bridgehead atoms. The van der Waals surface area contributed by atoms with Crippen LogP contribution in [0.4, 0.5) is 0 Å². The van der Waals surface area contributed by atoms with Crippen molar-refractivity contribution >= 4 is 28.3 Å². The van der Waals surface area contributed by atoms with Crippen molar-refractivity contribution in [2.75, 3.05) is 7.11 Å². The van der Waals surface area contributed by atoms with Crippen LogP contribution in [0.2, 0.25) is 0 Å². The van der Waals surface area contributed by atoms with Crippen molar-refractivity contribution in [3.05, 3.63) is 0 Å². The molecule has 0 aliphatic carbocycles. The molecule has 112 valence electrons. The monoisotopic (exact) mass is 304 g/mol. The Kier molecular flexibility index (Phi) is 7.86. The predicted molar refractivity (Wildman–Crippen MR) is 55.6 cm³/mol. The Bertz CT molecular complexity index is 420. The first kappa shape index (κ1) is 19.6. The smallest absolute Gasteiger partial charge is 0.397 e. The number of carboxylic acid groups (broad SMARTS) is 3. The van der Waals surface area contributed by atoms with Gasteiger partial charge in [-0.1, -0.05) is 0 Å². The van der Waals surface area contributed by atoms with Crippen LogP contribution < -0.4 is 0 Å². The van der Waals surface area contributed by atoms with E-state index in [0.717, 1.165) is 7.11 Å². The molecule has 0 radical (unpaired) electrons. The van der Waals surface area contributed by atoms with Crippen LogP contribution >= 0.6 is 0 Å². The first-order chi connectivity index (χ1) is 8.34. The van der Waals surface area contributed by atoms with Gasteiger partial charge in [0.25, 0.3) is 0 Å². The Morgan fingerprint density at radius 2 is 1.32 bits per heavy atom. The average Bonchev–Trinajstić information content (AvgIpc) is 2.14. The van der Waals surface area contributed by atoms with E-state index >= 15 is 0 Å². The molecule has 0 heterocycles. The van der Waals surface area contributed by atoms with Gasteiger partial charge in [-0.3, -0.25) is 18.3 Å². The maximum atomic E-state index is 10.3. The summed E-state index contributed by atoms with van der Waals surface area (Å²) in [6, 6.07) is 0. The molecule has 0 saturated carbocycles. The molecular formula is C7H12O11S. The molecule has 0 rings (SSSR count). The fourth-order valence-corrected chi connectivity index (χ4v) is 0.714. The second-order valence-corrected chi connectivity index (χ2v) is 4.26. The average molecular weight is 304 g/mol. The molecular weight excluding hydrogens is 292 g/mol. The van der Waals surface area contributed by atoms with Crippen molar-refractivity contribution in [1.29, 1.82) is 0 Å². The molecule has 0 aromatic carbocycles. The summed E-state index contributed by atoms with van der Waals surface area (Å²) in [5, 5.41) is 33.8. The zero-order chi connectivity index (χ0) is 15.9. The van der Waals surface area contributed by atoms with E-state index in [4.69, 9.17) is 25.0 Å². The van der Waals surface area contributed by atoms with Gasteiger partial charge in [-0.2, -0.15) is 8.42 Å². The Hall–Kier alpha value is -1.76. The summed E-state index contributed by atoms with van der Waals surface area (Å²) in [5.74, 6) is -5.02. The van der Waals surface area contributed by atoms with Gasteiger partial charge in [-0.15, -0.1) is 0 Å². The van der Waals surface area contributed by atoms with Crippen molar-refractivity contribution in [3.63, 3.8) is 0 Å². The van der Waals surface area contributed by atoms with Gasteiger partial charge in [0.2, 0.25) is 0 Å². The lowest BCUT2D eigenvalue weighted by atomic mass is 9.96. The molecule has 5 N–H and O–H groups in total. The Labute approximate surface area is 107 Å². The van der Waals surface area contributed by atoms with Gasteiger partial charge < -0.3 is 20.4 Å². The van der Waals surface area contributed by atoms with Crippen molar-refractivity contribution in [2.24, 2.45) is 0 Å². The van der Waals surface area contributed by atoms with Crippen molar-refractivity contribution in [2.45, 2.75) is 18.4 Å². The van der Waals surface area contributed by atoms with Gasteiger partial charge in [0, 0.05) is 0 Å². The minimum atomic E-state index is -4.16. The largest absolute Gasteiger partial charge is 0.481 e. The Balaban J connectivity index is 0. The Morgan fingerprint density at radius 3 is 1.42 bits per heavy atom. The molecule has 11 nitrogen and oxygen atoms in total. The fourth-order valence-electron chi connectivity index (χ4n) is 0.714. The quantitative estimate of drug-likeness (QED) is 0.346. The maximum absolute atomic E-state index is 10.3. The third-order valence-electron chi connectivity index (χ3n) is 1.50. The van der Waals surface area contributed by atoms with E-state index in [-0.39, 0.29) is 0 Å². The molecule has 0 spiro atoms. The highest BCUT2D eigenvalue weighted by molar-refractivity contribution is 7.80. The number of aliphatic carboxylic acids is 3. The minimum Gasteiger partial charge on any atom is -0.481 e. The highest BCUT2D eigenvalue weighted by atomic mass is 32.3. The van der Waals surface area contributed by atoms with Crippen LogP contribution in [0.15, 0.2) is 0 Å². The first-order valence-corrected chi connectivity index (χ1v) is 5.63. The number of carboxylic acids is 3. The number of hydrogen-bond acceptors (Lipinski definition) is 7. The number of carbonyl (C=O) groups is 3.